The summed E-state index contributed by atoms with van der Waals surface area (Å²) in [7, 11) is -1.53. The second-order valence-corrected chi connectivity index (χ2v) is 3.02. The fourth-order valence-electron chi connectivity index (χ4n) is 1.26. The lowest BCUT2D eigenvalue weighted by Gasteiger charge is -2.05. The number of benzene rings is 1. The highest BCUT2D eigenvalue weighted by Crippen LogP contribution is 1.99. The molecule has 0 aliphatic carbocycles. The van der Waals surface area contributed by atoms with Gasteiger partial charge in [0.25, 0.3) is 0 Å². The van der Waals surface area contributed by atoms with Gasteiger partial charge in [-0.15, -0.1) is 0 Å². The van der Waals surface area contributed by atoms with Crippen molar-refractivity contribution in [1.29, 1.82) is 0 Å². The summed E-state index contributed by atoms with van der Waals surface area (Å²) in [5, 5.41) is 26.4. The Morgan fingerprint density at radius 1 is 1.33 bits per heavy atom. The van der Waals surface area contributed by atoms with Crippen LogP contribution in [0.2, 0.25) is 0 Å². The molecule has 0 fully saturated rings. The summed E-state index contributed by atoms with van der Waals surface area (Å²) in [6.45, 7) is 0. The first kappa shape index (κ1) is 11.5. The molecule has 0 aliphatic rings. The van der Waals surface area contributed by atoms with Gasteiger partial charge in [0.1, 0.15) is 0 Å². The minimum absolute atomic E-state index is 0.361. The van der Waals surface area contributed by atoms with E-state index in [1.807, 2.05) is 0 Å². The van der Waals surface area contributed by atoms with Crippen molar-refractivity contribution in [3.63, 3.8) is 0 Å². The molecule has 0 heterocycles. The molecule has 0 radical (unpaired) electrons. The monoisotopic (exact) mass is 206 g/mol. The average molecular weight is 206 g/mol. The summed E-state index contributed by atoms with van der Waals surface area (Å²) < 4.78 is 0. The molecule has 15 heavy (non-hydrogen) atoms. The van der Waals surface area contributed by atoms with Crippen molar-refractivity contribution in [3.8, 4) is 0 Å². The lowest BCUT2D eigenvalue weighted by atomic mass is 9.76. The van der Waals surface area contributed by atoms with Crippen molar-refractivity contribution < 1.29 is 19.9 Å². The van der Waals surface area contributed by atoms with Crippen LogP contribution in [0, 0.1) is 0 Å². The molecule has 5 heteroatoms. The third kappa shape index (κ3) is 3.57. The minimum atomic E-state index is -1.53. The van der Waals surface area contributed by atoms with Gasteiger partial charge in [0, 0.05) is 6.08 Å². The lowest BCUT2D eigenvalue weighted by Crippen LogP contribution is -2.32. The van der Waals surface area contributed by atoms with Crippen LogP contribution in [0.3, 0.4) is 0 Å². The summed E-state index contributed by atoms with van der Waals surface area (Å²) in [6.07, 6.45) is 2.85. The van der Waals surface area contributed by atoms with Crippen molar-refractivity contribution in [1.82, 2.24) is 0 Å². The van der Waals surface area contributed by atoms with Crippen molar-refractivity contribution in [2.45, 2.75) is 6.42 Å². The van der Waals surface area contributed by atoms with E-state index in [4.69, 9.17) is 15.2 Å². The molecule has 0 aromatic heterocycles. The third-order valence-electron chi connectivity index (χ3n) is 1.93. The van der Waals surface area contributed by atoms with E-state index < -0.39 is 13.1 Å². The minimum Gasteiger partial charge on any atom is -0.478 e. The number of carboxylic acid groups (broad SMARTS) is 1. The van der Waals surface area contributed by atoms with Crippen molar-refractivity contribution >= 4 is 18.6 Å². The van der Waals surface area contributed by atoms with Gasteiger partial charge in [0.15, 0.2) is 0 Å². The smallest absolute Gasteiger partial charge is 0.478 e. The van der Waals surface area contributed by atoms with Gasteiger partial charge < -0.3 is 15.2 Å². The highest BCUT2D eigenvalue weighted by atomic mass is 16.4. The van der Waals surface area contributed by atoms with Crippen molar-refractivity contribution in [3.05, 3.63) is 42.0 Å². The quantitative estimate of drug-likeness (QED) is 0.460. The second kappa shape index (κ2) is 5.33. The van der Waals surface area contributed by atoms with Gasteiger partial charge in [-0.1, -0.05) is 30.3 Å². The number of hydrogen-bond acceptors (Lipinski definition) is 3. The Hall–Kier alpha value is -1.59. The SMILES string of the molecule is O=C(O)C=CCc1ccccc1B(O)O. The Balaban J connectivity index is 2.80. The molecule has 78 valence electrons. The Bertz CT molecular complexity index is 373. The summed E-state index contributed by atoms with van der Waals surface area (Å²) >= 11 is 0. The zero-order valence-electron chi connectivity index (χ0n) is 8.00. The number of hydrogen-bond donors (Lipinski definition) is 3. The first-order valence-electron chi connectivity index (χ1n) is 4.44. The van der Waals surface area contributed by atoms with Crippen LogP contribution in [0.25, 0.3) is 0 Å². The highest BCUT2D eigenvalue weighted by Gasteiger charge is 2.13. The Labute approximate surface area is 87.6 Å². The average Bonchev–Trinajstić information content (AvgIpc) is 2.17. The van der Waals surface area contributed by atoms with Gasteiger partial charge in [-0.05, 0) is 17.4 Å². The molecule has 0 unspecified atom stereocenters. The van der Waals surface area contributed by atoms with Gasteiger partial charge in [-0.3, -0.25) is 0 Å². The maximum Gasteiger partial charge on any atom is 0.488 e. The van der Waals surface area contributed by atoms with Gasteiger partial charge >= 0.3 is 13.1 Å². The molecule has 0 bridgehead atoms. The van der Waals surface area contributed by atoms with E-state index in [0.717, 1.165) is 6.08 Å². The Kier molecular flexibility index (Phi) is 4.09. The van der Waals surface area contributed by atoms with Crippen LogP contribution in [0.5, 0.6) is 0 Å². The highest BCUT2D eigenvalue weighted by molar-refractivity contribution is 6.59. The van der Waals surface area contributed by atoms with Crippen LogP contribution in [0.4, 0.5) is 0 Å². The molecule has 0 saturated carbocycles. The summed E-state index contributed by atoms with van der Waals surface area (Å²) in [4.78, 5) is 10.2. The first-order chi connectivity index (χ1) is 7.11. The van der Waals surface area contributed by atoms with Crippen LogP contribution < -0.4 is 5.46 Å². The molecule has 0 saturated heterocycles. The van der Waals surface area contributed by atoms with E-state index in [2.05, 4.69) is 0 Å². The summed E-state index contributed by atoms with van der Waals surface area (Å²) in [5.74, 6) is -1.02. The second-order valence-electron chi connectivity index (χ2n) is 3.02. The number of rotatable bonds is 4. The van der Waals surface area contributed by atoms with Gasteiger partial charge in [0.2, 0.25) is 0 Å². The molecular formula is C10H11BO4. The van der Waals surface area contributed by atoms with E-state index in [0.29, 0.717) is 17.4 Å². The van der Waals surface area contributed by atoms with Crippen LogP contribution in [0.1, 0.15) is 5.56 Å². The van der Waals surface area contributed by atoms with E-state index in [1.165, 1.54) is 6.08 Å². The molecule has 0 aliphatic heterocycles. The summed E-state index contributed by atoms with van der Waals surface area (Å²) in [6, 6.07) is 6.77. The van der Waals surface area contributed by atoms with E-state index in [-0.39, 0.29) is 0 Å². The number of aliphatic carboxylic acids is 1. The maximum atomic E-state index is 10.2. The zero-order valence-corrected chi connectivity index (χ0v) is 8.00. The molecule has 4 nitrogen and oxygen atoms in total. The molecule has 3 N–H and O–H groups in total. The largest absolute Gasteiger partial charge is 0.488 e. The molecule has 0 spiro atoms. The molecule has 1 rings (SSSR count). The van der Waals surface area contributed by atoms with E-state index >= 15 is 0 Å². The fraction of sp³-hybridized carbons (Fsp3) is 0.100. The van der Waals surface area contributed by atoms with Crippen LogP contribution in [-0.2, 0) is 11.2 Å². The topological polar surface area (TPSA) is 77.8 Å². The Morgan fingerprint density at radius 3 is 2.60 bits per heavy atom. The number of allylic oxidation sites excluding steroid dienone is 1. The van der Waals surface area contributed by atoms with Crippen LogP contribution in [0.15, 0.2) is 36.4 Å². The van der Waals surface area contributed by atoms with E-state index in [1.54, 1.807) is 24.3 Å². The number of carboxylic acids is 1. The lowest BCUT2D eigenvalue weighted by molar-refractivity contribution is -0.131. The van der Waals surface area contributed by atoms with E-state index in [9.17, 15) is 4.79 Å². The van der Waals surface area contributed by atoms with Crippen LogP contribution >= 0.6 is 0 Å². The van der Waals surface area contributed by atoms with Crippen LogP contribution in [-0.4, -0.2) is 28.2 Å². The number of carbonyl (C=O) groups is 1. The predicted molar refractivity (Wildman–Crippen MR) is 56.7 cm³/mol. The standard InChI is InChI=1S/C10H11BO4/c12-10(13)7-3-5-8-4-1-2-6-9(8)11(14)15/h1-4,6-7,14-15H,5H2,(H,12,13). The molecule has 1 aromatic rings. The molecule has 1 aromatic carbocycles. The van der Waals surface area contributed by atoms with Gasteiger partial charge in [-0.2, -0.15) is 0 Å². The normalized spacial score (nSPS) is 10.5. The molecule has 0 atom stereocenters. The van der Waals surface area contributed by atoms with Gasteiger partial charge in [0.05, 0.1) is 0 Å². The summed E-state index contributed by atoms with van der Waals surface area (Å²) in [5.41, 5.74) is 1.09. The van der Waals surface area contributed by atoms with Crippen molar-refractivity contribution in [2.75, 3.05) is 0 Å². The first-order valence-corrected chi connectivity index (χ1v) is 4.44. The van der Waals surface area contributed by atoms with Crippen molar-refractivity contribution in [2.24, 2.45) is 0 Å². The predicted octanol–water partition coefficient (Wildman–Crippen LogP) is -0.450. The fourth-order valence-corrected chi connectivity index (χ4v) is 1.26. The third-order valence-corrected chi connectivity index (χ3v) is 1.93. The molecule has 0 amide bonds. The zero-order chi connectivity index (χ0) is 11.3. The Morgan fingerprint density at radius 2 is 2.00 bits per heavy atom. The maximum absolute atomic E-state index is 10.2. The molecular weight excluding hydrogens is 195 g/mol. The van der Waals surface area contributed by atoms with Gasteiger partial charge in [-0.25, -0.2) is 4.79 Å².